The summed E-state index contributed by atoms with van der Waals surface area (Å²) in [6, 6.07) is 0.192. The molecule has 3 heteroatoms. The molecule has 3 N–H and O–H groups in total. The lowest BCUT2D eigenvalue weighted by molar-refractivity contribution is -0.123. The van der Waals surface area contributed by atoms with Crippen LogP contribution in [0.1, 0.15) is 66.2 Å². The average molecular weight is 268 g/mol. The van der Waals surface area contributed by atoms with Crippen molar-refractivity contribution in [2.45, 2.75) is 72.3 Å². The zero-order chi connectivity index (χ0) is 14.5. The summed E-state index contributed by atoms with van der Waals surface area (Å²) in [4.78, 5) is 12.1. The third-order valence-corrected chi connectivity index (χ3v) is 4.06. The molecule has 19 heavy (non-hydrogen) atoms. The molecule has 1 aliphatic rings. The molecule has 0 spiro atoms. The van der Waals surface area contributed by atoms with Crippen LogP contribution in [-0.2, 0) is 4.79 Å². The van der Waals surface area contributed by atoms with Gasteiger partial charge in [0.05, 0.1) is 0 Å². The SMILES string of the molecule is CC(CC(=O)NC(CN)C1CCCC1)CC(C)(C)C. The van der Waals surface area contributed by atoms with E-state index in [0.717, 1.165) is 6.42 Å². The number of nitrogens with one attached hydrogen (secondary N) is 1. The molecule has 1 rings (SSSR count). The minimum atomic E-state index is 0.180. The van der Waals surface area contributed by atoms with Crippen LogP contribution in [0.25, 0.3) is 0 Å². The van der Waals surface area contributed by atoms with Crippen molar-refractivity contribution in [3.8, 4) is 0 Å². The molecular weight excluding hydrogens is 236 g/mol. The highest BCUT2D eigenvalue weighted by atomic mass is 16.1. The molecule has 1 aliphatic carbocycles. The molecule has 3 nitrogen and oxygen atoms in total. The molecule has 2 atom stereocenters. The van der Waals surface area contributed by atoms with Crippen molar-refractivity contribution in [1.29, 1.82) is 0 Å². The topological polar surface area (TPSA) is 55.1 Å². The highest BCUT2D eigenvalue weighted by Crippen LogP contribution is 2.28. The van der Waals surface area contributed by atoms with E-state index in [1.54, 1.807) is 0 Å². The maximum Gasteiger partial charge on any atom is 0.220 e. The molecule has 0 bridgehead atoms. The number of carbonyl (C=O) groups is 1. The molecule has 0 aliphatic heterocycles. The van der Waals surface area contributed by atoms with Gasteiger partial charge in [0.2, 0.25) is 5.91 Å². The second-order valence-electron chi connectivity index (χ2n) is 7.53. The van der Waals surface area contributed by atoms with Crippen molar-refractivity contribution in [1.82, 2.24) is 5.32 Å². The monoisotopic (exact) mass is 268 g/mol. The van der Waals surface area contributed by atoms with Crippen molar-refractivity contribution in [3.05, 3.63) is 0 Å². The third kappa shape index (κ3) is 6.42. The van der Waals surface area contributed by atoms with Crippen LogP contribution in [0.4, 0.5) is 0 Å². The second kappa shape index (κ2) is 7.28. The Morgan fingerprint density at radius 3 is 2.37 bits per heavy atom. The Morgan fingerprint density at radius 1 is 1.32 bits per heavy atom. The summed E-state index contributed by atoms with van der Waals surface area (Å²) in [6.45, 7) is 9.41. The van der Waals surface area contributed by atoms with Gasteiger partial charge in [0, 0.05) is 19.0 Å². The average Bonchev–Trinajstić information content (AvgIpc) is 2.75. The number of amides is 1. The normalized spacial score (nSPS) is 20.3. The number of nitrogens with two attached hydrogens (primary N) is 1. The first-order valence-electron chi connectivity index (χ1n) is 7.81. The first-order valence-corrected chi connectivity index (χ1v) is 7.81. The smallest absolute Gasteiger partial charge is 0.220 e. The van der Waals surface area contributed by atoms with Gasteiger partial charge in [0.15, 0.2) is 0 Å². The summed E-state index contributed by atoms with van der Waals surface area (Å²) in [5.41, 5.74) is 6.11. The van der Waals surface area contributed by atoms with E-state index in [4.69, 9.17) is 5.73 Å². The van der Waals surface area contributed by atoms with Crippen molar-refractivity contribution >= 4 is 5.91 Å². The fourth-order valence-corrected chi connectivity index (χ4v) is 3.43. The predicted molar refractivity (Wildman–Crippen MR) is 80.8 cm³/mol. The fraction of sp³-hybridized carbons (Fsp3) is 0.938. The molecule has 0 aromatic heterocycles. The van der Waals surface area contributed by atoms with Gasteiger partial charge < -0.3 is 11.1 Å². The van der Waals surface area contributed by atoms with E-state index in [1.165, 1.54) is 25.7 Å². The van der Waals surface area contributed by atoms with Gasteiger partial charge in [-0.25, -0.2) is 0 Å². The van der Waals surface area contributed by atoms with Crippen molar-refractivity contribution in [2.24, 2.45) is 23.0 Å². The van der Waals surface area contributed by atoms with Crippen LogP contribution in [0.5, 0.6) is 0 Å². The summed E-state index contributed by atoms with van der Waals surface area (Å²) in [6.07, 6.45) is 6.73. The van der Waals surface area contributed by atoms with Gasteiger partial charge in [-0.1, -0.05) is 40.5 Å². The highest BCUT2D eigenvalue weighted by molar-refractivity contribution is 5.76. The van der Waals surface area contributed by atoms with Crippen molar-refractivity contribution in [3.63, 3.8) is 0 Å². The van der Waals surface area contributed by atoms with Gasteiger partial charge in [0.1, 0.15) is 0 Å². The minimum Gasteiger partial charge on any atom is -0.352 e. The standard InChI is InChI=1S/C16H32N2O/c1-12(10-16(2,3)4)9-15(19)18-14(11-17)13-7-5-6-8-13/h12-14H,5-11,17H2,1-4H3,(H,18,19). The lowest BCUT2D eigenvalue weighted by atomic mass is 9.84. The van der Waals surface area contributed by atoms with Crippen LogP contribution in [0.3, 0.4) is 0 Å². The van der Waals surface area contributed by atoms with Crippen molar-refractivity contribution < 1.29 is 4.79 Å². The van der Waals surface area contributed by atoms with Gasteiger partial charge in [-0.3, -0.25) is 4.79 Å². The molecule has 1 saturated carbocycles. The first kappa shape index (κ1) is 16.5. The number of hydrogen-bond acceptors (Lipinski definition) is 2. The largest absolute Gasteiger partial charge is 0.352 e. The van der Waals surface area contributed by atoms with Gasteiger partial charge in [-0.15, -0.1) is 0 Å². The number of rotatable bonds is 6. The van der Waals surface area contributed by atoms with E-state index < -0.39 is 0 Å². The Balaban J connectivity index is 2.36. The Labute approximate surface area is 118 Å². The summed E-state index contributed by atoms with van der Waals surface area (Å²) in [7, 11) is 0. The summed E-state index contributed by atoms with van der Waals surface area (Å²) in [5, 5.41) is 3.16. The van der Waals surface area contributed by atoms with E-state index in [0.29, 0.717) is 30.2 Å². The molecule has 0 aromatic rings. The minimum absolute atomic E-state index is 0.180. The van der Waals surface area contributed by atoms with E-state index in [-0.39, 0.29) is 11.9 Å². The highest BCUT2D eigenvalue weighted by Gasteiger charge is 2.26. The summed E-state index contributed by atoms with van der Waals surface area (Å²) < 4.78 is 0. The van der Waals surface area contributed by atoms with E-state index in [9.17, 15) is 4.79 Å². The van der Waals surface area contributed by atoms with E-state index >= 15 is 0 Å². The Morgan fingerprint density at radius 2 is 1.89 bits per heavy atom. The third-order valence-electron chi connectivity index (χ3n) is 4.06. The molecule has 0 radical (unpaired) electrons. The first-order chi connectivity index (χ1) is 8.81. The number of hydrogen-bond donors (Lipinski definition) is 2. The van der Waals surface area contributed by atoms with Crippen LogP contribution in [0.15, 0.2) is 0 Å². The molecule has 2 unspecified atom stereocenters. The molecule has 0 saturated heterocycles. The van der Waals surface area contributed by atoms with E-state index in [2.05, 4.69) is 33.0 Å². The molecule has 0 aromatic carbocycles. The summed E-state index contributed by atoms with van der Waals surface area (Å²) in [5.74, 6) is 1.22. The Kier molecular flexibility index (Phi) is 6.31. The Hall–Kier alpha value is -0.570. The zero-order valence-electron chi connectivity index (χ0n) is 13.2. The molecule has 112 valence electrons. The quantitative estimate of drug-likeness (QED) is 0.778. The van der Waals surface area contributed by atoms with Gasteiger partial charge in [-0.05, 0) is 36.5 Å². The number of carbonyl (C=O) groups excluding carboxylic acids is 1. The predicted octanol–water partition coefficient (Wildman–Crippen LogP) is 3.08. The maximum absolute atomic E-state index is 12.1. The lowest BCUT2D eigenvalue weighted by Gasteiger charge is -2.26. The van der Waals surface area contributed by atoms with Crippen molar-refractivity contribution in [2.75, 3.05) is 6.54 Å². The molecular formula is C16H32N2O. The van der Waals surface area contributed by atoms with Crippen LogP contribution in [-0.4, -0.2) is 18.5 Å². The van der Waals surface area contributed by atoms with Crippen LogP contribution < -0.4 is 11.1 Å². The van der Waals surface area contributed by atoms with Crippen LogP contribution in [0, 0.1) is 17.3 Å². The molecule has 1 amide bonds. The van der Waals surface area contributed by atoms with Crippen LogP contribution >= 0.6 is 0 Å². The second-order valence-corrected chi connectivity index (χ2v) is 7.53. The maximum atomic E-state index is 12.1. The molecule has 0 heterocycles. The zero-order valence-corrected chi connectivity index (χ0v) is 13.2. The Bertz CT molecular complexity index is 277. The molecule has 1 fully saturated rings. The van der Waals surface area contributed by atoms with Crippen LogP contribution in [0.2, 0.25) is 0 Å². The fourth-order valence-electron chi connectivity index (χ4n) is 3.43. The van der Waals surface area contributed by atoms with E-state index in [1.807, 2.05) is 0 Å². The summed E-state index contributed by atoms with van der Waals surface area (Å²) >= 11 is 0. The van der Waals surface area contributed by atoms with Gasteiger partial charge in [0.25, 0.3) is 0 Å². The van der Waals surface area contributed by atoms with Gasteiger partial charge >= 0.3 is 0 Å². The lowest BCUT2D eigenvalue weighted by Crippen LogP contribution is -2.45. The van der Waals surface area contributed by atoms with Gasteiger partial charge in [-0.2, -0.15) is 0 Å².